The molecule has 1 heterocycles. The van der Waals surface area contributed by atoms with E-state index in [0.29, 0.717) is 6.61 Å². The molecule has 3 heteroatoms. The fourth-order valence-corrected chi connectivity index (χ4v) is 2.53. The van der Waals surface area contributed by atoms with Gasteiger partial charge in [0.15, 0.2) is 0 Å². The molecule has 64 valence electrons. The van der Waals surface area contributed by atoms with E-state index < -0.39 is 0 Å². The highest BCUT2D eigenvalue weighted by Gasteiger charge is 2.10. The number of fused-ring (bicyclic) bond motifs is 1. The molecule has 0 saturated carbocycles. The standard InChI is InChI=1S/C9H11NOS/c10-11-6-7-1-2-8-3-4-12-9(8)5-7/h1-2,5H,3-4,6,10H2. The second kappa shape index (κ2) is 3.47. The molecular formula is C9H11NOS. The zero-order chi connectivity index (χ0) is 8.39. The number of nitrogens with two attached hydrogens (primary N) is 1. The molecule has 0 fully saturated rings. The lowest BCUT2D eigenvalue weighted by Gasteiger charge is -2.01. The topological polar surface area (TPSA) is 35.2 Å². The van der Waals surface area contributed by atoms with Crippen molar-refractivity contribution in [3.63, 3.8) is 0 Å². The van der Waals surface area contributed by atoms with Gasteiger partial charge in [0.1, 0.15) is 0 Å². The maximum absolute atomic E-state index is 5.00. The van der Waals surface area contributed by atoms with Crippen molar-refractivity contribution in [2.45, 2.75) is 17.9 Å². The van der Waals surface area contributed by atoms with Crippen LogP contribution in [0.4, 0.5) is 0 Å². The molecule has 0 radical (unpaired) electrons. The average molecular weight is 181 g/mol. The Morgan fingerprint density at radius 1 is 1.50 bits per heavy atom. The number of hydrogen-bond acceptors (Lipinski definition) is 3. The van der Waals surface area contributed by atoms with E-state index in [1.807, 2.05) is 11.8 Å². The van der Waals surface area contributed by atoms with Crippen LogP contribution in [0, 0.1) is 0 Å². The van der Waals surface area contributed by atoms with Crippen molar-refractivity contribution in [3.05, 3.63) is 29.3 Å². The summed E-state index contributed by atoms with van der Waals surface area (Å²) in [5.41, 5.74) is 2.62. The monoisotopic (exact) mass is 181 g/mol. The molecule has 0 unspecified atom stereocenters. The van der Waals surface area contributed by atoms with Crippen molar-refractivity contribution >= 4 is 11.8 Å². The van der Waals surface area contributed by atoms with E-state index in [0.717, 1.165) is 5.56 Å². The minimum atomic E-state index is 0.508. The normalized spacial score (nSPS) is 14.8. The van der Waals surface area contributed by atoms with Crippen LogP contribution in [0.15, 0.2) is 23.1 Å². The Bertz CT molecular complexity index is 288. The molecule has 2 nitrogen and oxygen atoms in total. The maximum atomic E-state index is 5.00. The molecule has 1 aliphatic heterocycles. The van der Waals surface area contributed by atoms with E-state index in [1.54, 1.807) is 0 Å². The van der Waals surface area contributed by atoms with Gasteiger partial charge in [-0.1, -0.05) is 12.1 Å². The summed E-state index contributed by atoms with van der Waals surface area (Å²) in [4.78, 5) is 5.97. The fraction of sp³-hybridized carbons (Fsp3) is 0.333. The lowest BCUT2D eigenvalue weighted by molar-refractivity contribution is 0.124. The van der Waals surface area contributed by atoms with Crippen molar-refractivity contribution in [1.29, 1.82) is 0 Å². The van der Waals surface area contributed by atoms with Crippen LogP contribution in [0.2, 0.25) is 0 Å². The third kappa shape index (κ3) is 1.48. The van der Waals surface area contributed by atoms with Gasteiger partial charge in [0, 0.05) is 10.6 Å². The zero-order valence-corrected chi connectivity index (χ0v) is 7.56. The van der Waals surface area contributed by atoms with E-state index in [4.69, 9.17) is 5.90 Å². The first-order valence-electron chi connectivity index (χ1n) is 3.96. The third-order valence-corrected chi connectivity index (χ3v) is 3.11. The SMILES string of the molecule is NOCc1ccc2c(c1)SCC2. The first kappa shape index (κ1) is 8.10. The van der Waals surface area contributed by atoms with Crippen LogP contribution >= 0.6 is 11.8 Å². The van der Waals surface area contributed by atoms with Gasteiger partial charge in [-0.25, -0.2) is 5.90 Å². The molecule has 1 aromatic carbocycles. The van der Waals surface area contributed by atoms with Gasteiger partial charge in [-0.15, -0.1) is 11.8 Å². The maximum Gasteiger partial charge on any atom is 0.0930 e. The minimum Gasteiger partial charge on any atom is -0.300 e. The first-order chi connectivity index (χ1) is 5.90. The van der Waals surface area contributed by atoms with Crippen molar-refractivity contribution in [2.24, 2.45) is 5.90 Å². The Hall–Kier alpha value is -0.510. The molecule has 0 aliphatic carbocycles. The number of hydrogen-bond donors (Lipinski definition) is 1. The van der Waals surface area contributed by atoms with Gasteiger partial charge in [0.05, 0.1) is 6.61 Å². The Kier molecular flexibility index (Phi) is 2.35. The predicted molar refractivity (Wildman–Crippen MR) is 49.8 cm³/mol. The summed E-state index contributed by atoms with van der Waals surface area (Å²) in [5.74, 6) is 6.21. The Balaban J connectivity index is 2.26. The summed E-state index contributed by atoms with van der Waals surface area (Å²) < 4.78 is 0. The highest BCUT2D eigenvalue weighted by molar-refractivity contribution is 7.99. The largest absolute Gasteiger partial charge is 0.300 e. The molecule has 0 bridgehead atoms. The van der Waals surface area contributed by atoms with Crippen LogP contribution in [0.1, 0.15) is 11.1 Å². The molecule has 0 atom stereocenters. The van der Waals surface area contributed by atoms with Crippen LogP contribution in [0.5, 0.6) is 0 Å². The Labute approximate surface area is 76.1 Å². The molecule has 2 N–H and O–H groups in total. The smallest absolute Gasteiger partial charge is 0.0930 e. The molecule has 0 saturated heterocycles. The summed E-state index contributed by atoms with van der Waals surface area (Å²) in [6.07, 6.45) is 1.20. The molecule has 12 heavy (non-hydrogen) atoms. The van der Waals surface area contributed by atoms with Crippen LogP contribution in [-0.2, 0) is 17.9 Å². The molecule has 2 rings (SSSR count). The summed E-state index contributed by atoms with van der Waals surface area (Å²) in [5, 5.41) is 0. The van der Waals surface area contributed by atoms with Crippen LogP contribution in [0.3, 0.4) is 0 Å². The molecule has 1 aromatic rings. The average Bonchev–Trinajstić information content (AvgIpc) is 2.51. The van der Waals surface area contributed by atoms with Crippen molar-refractivity contribution in [3.8, 4) is 0 Å². The Morgan fingerprint density at radius 2 is 2.42 bits per heavy atom. The molecular weight excluding hydrogens is 170 g/mol. The van der Waals surface area contributed by atoms with Gasteiger partial charge in [-0.3, -0.25) is 4.84 Å². The Morgan fingerprint density at radius 3 is 3.25 bits per heavy atom. The van der Waals surface area contributed by atoms with Gasteiger partial charge in [0.2, 0.25) is 0 Å². The number of rotatable bonds is 2. The van der Waals surface area contributed by atoms with Crippen molar-refractivity contribution in [2.75, 3.05) is 5.75 Å². The second-order valence-corrected chi connectivity index (χ2v) is 3.99. The van der Waals surface area contributed by atoms with E-state index in [1.165, 1.54) is 22.6 Å². The molecule has 0 spiro atoms. The fourth-order valence-electron chi connectivity index (χ4n) is 1.40. The summed E-state index contributed by atoms with van der Waals surface area (Å²) >= 11 is 1.91. The van der Waals surface area contributed by atoms with Crippen LogP contribution < -0.4 is 5.90 Å². The summed E-state index contributed by atoms with van der Waals surface area (Å²) in [6.45, 7) is 0.508. The molecule has 1 aliphatic rings. The number of thioether (sulfide) groups is 1. The van der Waals surface area contributed by atoms with Gasteiger partial charge in [-0.05, 0) is 23.6 Å². The zero-order valence-electron chi connectivity index (χ0n) is 6.75. The van der Waals surface area contributed by atoms with Crippen molar-refractivity contribution in [1.82, 2.24) is 0 Å². The summed E-state index contributed by atoms with van der Waals surface area (Å²) in [6, 6.07) is 6.42. The van der Waals surface area contributed by atoms with Gasteiger partial charge >= 0.3 is 0 Å². The van der Waals surface area contributed by atoms with Gasteiger partial charge < -0.3 is 0 Å². The molecule has 0 aromatic heterocycles. The number of aryl methyl sites for hydroxylation is 1. The number of benzene rings is 1. The first-order valence-corrected chi connectivity index (χ1v) is 4.95. The lowest BCUT2D eigenvalue weighted by atomic mass is 10.1. The van der Waals surface area contributed by atoms with Crippen molar-refractivity contribution < 1.29 is 4.84 Å². The second-order valence-electron chi connectivity index (χ2n) is 2.85. The van der Waals surface area contributed by atoms with E-state index in [9.17, 15) is 0 Å². The molecule has 0 amide bonds. The predicted octanol–water partition coefficient (Wildman–Crippen LogP) is 1.73. The highest BCUT2D eigenvalue weighted by atomic mass is 32.2. The van der Waals surface area contributed by atoms with Crippen LogP contribution in [0.25, 0.3) is 0 Å². The minimum absolute atomic E-state index is 0.508. The lowest BCUT2D eigenvalue weighted by Crippen LogP contribution is -1.98. The summed E-state index contributed by atoms with van der Waals surface area (Å²) in [7, 11) is 0. The van der Waals surface area contributed by atoms with E-state index >= 15 is 0 Å². The van der Waals surface area contributed by atoms with E-state index in [2.05, 4.69) is 23.0 Å². The third-order valence-electron chi connectivity index (χ3n) is 2.01. The van der Waals surface area contributed by atoms with Gasteiger partial charge in [0.25, 0.3) is 0 Å². The van der Waals surface area contributed by atoms with Crippen LogP contribution in [-0.4, -0.2) is 5.75 Å². The highest BCUT2D eigenvalue weighted by Crippen LogP contribution is 2.31. The quantitative estimate of drug-likeness (QED) is 0.706. The van der Waals surface area contributed by atoms with Gasteiger partial charge in [-0.2, -0.15) is 0 Å². The van der Waals surface area contributed by atoms with E-state index in [-0.39, 0.29) is 0 Å².